The summed E-state index contributed by atoms with van der Waals surface area (Å²) in [5.74, 6) is -5.37. The maximum Gasteiger partial charge on any atom is 0.246 e. The largest absolute Gasteiger partial charge is 0.508 e. The zero-order valence-electron chi connectivity index (χ0n) is 43.1. The van der Waals surface area contributed by atoms with Crippen LogP contribution in [0.1, 0.15) is 54.9 Å². The Labute approximate surface area is 442 Å². The number of ether oxygens (including phenoxy) is 3. The molecule has 0 radical (unpaired) electrons. The minimum atomic E-state index is -1.47. The van der Waals surface area contributed by atoms with Crippen LogP contribution < -0.4 is 47.1 Å². The van der Waals surface area contributed by atoms with Gasteiger partial charge in [0.2, 0.25) is 41.4 Å². The summed E-state index contributed by atoms with van der Waals surface area (Å²) in [4.78, 5) is 105. The van der Waals surface area contributed by atoms with Crippen LogP contribution in [0.3, 0.4) is 0 Å². The molecule has 2 fully saturated rings. The number of rotatable bonds is 18. The third-order valence-electron chi connectivity index (χ3n) is 13.7. The van der Waals surface area contributed by atoms with Crippen molar-refractivity contribution in [3.8, 4) is 17.2 Å². The summed E-state index contributed by atoms with van der Waals surface area (Å²) in [6.45, 7) is 1.87. The molecule has 19 nitrogen and oxygen atoms in total. The lowest BCUT2D eigenvalue weighted by Gasteiger charge is -2.33. The van der Waals surface area contributed by atoms with Gasteiger partial charge < -0.3 is 61.9 Å². The van der Waals surface area contributed by atoms with Gasteiger partial charge in [0, 0.05) is 37.7 Å². The van der Waals surface area contributed by atoms with Crippen LogP contribution in [0.25, 0.3) is 10.8 Å². The second-order valence-electron chi connectivity index (χ2n) is 19.0. The van der Waals surface area contributed by atoms with E-state index in [0.29, 0.717) is 46.4 Å². The molecule has 5 aromatic carbocycles. The lowest BCUT2D eigenvalue weighted by atomic mass is 9.96. The molecular formula is C57H68N8O11. The topological polar surface area (TPSA) is 269 Å². The monoisotopic (exact) mass is 1040 g/mol. The molecule has 0 aliphatic carbocycles. The lowest BCUT2D eigenvalue weighted by molar-refractivity contribution is -0.145. The van der Waals surface area contributed by atoms with E-state index >= 15 is 19.2 Å². The van der Waals surface area contributed by atoms with Crippen molar-refractivity contribution >= 4 is 52.1 Å². The van der Waals surface area contributed by atoms with Crippen molar-refractivity contribution < 1.29 is 52.9 Å². The highest BCUT2D eigenvalue weighted by atomic mass is 16.5. The average molecular weight is 1040 g/mol. The molecule has 7 atom stereocenters. The van der Waals surface area contributed by atoms with Crippen LogP contribution in [0.15, 0.2) is 115 Å². The van der Waals surface area contributed by atoms with Crippen molar-refractivity contribution in [2.24, 2.45) is 11.7 Å². The number of nitrogens with zero attached hydrogens (tertiary/aromatic N) is 1. The van der Waals surface area contributed by atoms with E-state index in [9.17, 15) is 19.5 Å². The smallest absolute Gasteiger partial charge is 0.246 e. The second kappa shape index (κ2) is 27.0. The number of hydrogen-bond donors (Lipinski definition) is 8. The number of carbonyl (C=O) groups excluding carboxylic acids is 7. The number of nitrogens with two attached hydrogens (primary N) is 1. The second-order valence-corrected chi connectivity index (χ2v) is 19.0. The molecule has 19 heteroatoms. The summed E-state index contributed by atoms with van der Waals surface area (Å²) < 4.78 is 17.6. The van der Waals surface area contributed by atoms with E-state index in [2.05, 4.69) is 31.9 Å². The Hall–Kier alpha value is -8.03. The van der Waals surface area contributed by atoms with Crippen molar-refractivity contribution in [3.05, 3.63) is 138 Å². The summed E-state index contributed by atoms with van der Waals surface area (Å²) >= 11 is 0. The fraction of sp³-hybridized carbons (Fsp3) is 0.386. The molecule has 7 rings (SSSR count). The standard InChI is InChI=1S/C57H68N8O11/c1-4-59-51(67)41-25-27-65-50(41)56(72)62-44(28-36-21-23-40(66)24-22-36)53(69)61-45(31-39-30-42-38(32-49(39)75-3)18-13-20-48(42)74-2)54(70)60-43(19-11-12-26-58)52(68)64-47(34-76-33-37-16-9-6-10-17-37)55(71)63-46(57(65)73)29-35-14-7-5-8-15-35/h5-10,13-18,20-24,30,32,41,43-47,50,66H,4,11-12,19,25-29,31,33-34,58H2,1-3H3,(H,59,67)(H,60,70)(H,61,69)(H,62,72)(H,63,71)(H,64,68)/t41?,43-,44-,45-,46-,47-,50-/m0/s1. The number of unbranched alkanes of at least 4 members (excludes halogenated alkanes) is 1. The van der Waals surface area contributed by atoms with Crippen LogP contribution in [0.4, 0.5) is 0 Å². The van der Waals surface area contributed by atoms with Gasteiger partial charge in [-0.15, -0.1) is 0 Å². The molecule has 2 saturated heterocycles. The maximum absolute atomic E-state index is 15.2. The minimum absolute atomic E-state index is 0.0437. The molecule has 2 aliphatic heterocycles. The minimum Gasteiger partial charge on any atom is -0.508 e. The Bertz CT molecular complexity index is 2820. The molecule has 76 heavy (non-hydrogen) atoms. The molecule has 2 aliphatic rings. The SMILES string of the molecule is CCNC(=O)C1CCN2C(=O)[C@H](Cc3ccccc3)NC(=O)[C@H](COCc3ccccc3)NC(=O)[C@H](CCCCN)NC(=O)[C@H](Cc3cc4c(OC)cccc4cc3OC)NC(=O)[C@H](Cc3ccc(O)cc3)NC(=O)[C@H]12. The summed E-state index contributed by atoms with van der Waals surface area (Å²) in [6, 6.07) is 24.7. The predicted molar refractivity (Wildman–Crippen MR) is 284 cm³/mol. The van der Waals surface area contributed by atoms with Gasteiger partial charge in [-0.1, -0.05) is 84.9 Å². The number of benzene rings is 5. The van der Waals surface area contributed by atoms with Crippen LogP contribution in [-0.4, -0.2) is 128 Å². The van der Waals surface area contributed by atoms with E-state index < -0.39 is 83.5 Å². The number of methoxy groups -OCH3 is 2. The molecule has 0 spiro atoms. The van der Waals surface area contributed by atoms with Gasteiger partial charge in [0.1, 0.15) is 53.5 Å². The first-order valence-corrected chi connectivity index (χ1v) is 25.7. The van der Waals surface area contributed by atoms with Gasteiger partial charge in [-0.3, -0.25) is 33.6 Å². The van der Waals surface area contributed by atoms with E-state index in [1.807, 2.05) is 42.5 Å². The third kappa shape index (κ3) is 14.4. The highest BCUT2D eigenvalue weighted by molar-refractivity contribution is 6.01. The highest BCUT2D eigenvalue weighted by Crippen LogP contribution is 2.33. The summed E-state index contributed by atoms with van der Waals surface area (Å²) in [6.07, 6.45) is 0.594. The number of phenolic OH excluding ortho intramolecular Hbond substituents is 1. The quantitative estimate of drug-likeness (QED) is 0.0589. The molecule has 1 unspecified atom stereocenters. The van der Waals surface area contributed by atoms with Crippen molar-refractivity contribution in [2.45, 2.75) is 94.7 Å². The zero-order chi connectivity index (χ0) is 54.1. The number of nitrogens with one attached hydrogen (secondary N) is 6. The first-order valence-electron chi connectivity index (χ1n) is 25.7. The van der Waals surface area contributed by atoms with E-state index in [4.69, 9.17) is 19.9 Å². The molecule has 402 valence electrons. The van der Waals surface area contributed by atoms with Crippen LogP contribution in [0.5, 0.6) is 17.2 Å². The van der Waals surface area contributed by atoms with Gasteiger partial charge in [-0.05, 0) is 97.1 Å². The summed E-state index contributed by atoms with van der Waals surface area (Å²) in [5.41, 5.74) is 8.34. The van der Waals surface area contributed by atoms with E-state index in [-0.39, 0.29) is 70.7 Å². The Morgan fingerprint density at radius 3 is 1.89 bits per heavy atom. The van der Waals surface area contributed by atoms with E-state index in [0.717, 1.165) is 10.9 Å². The van der Waals surface area contributed by atoms with Gasteiger partial charge in [-0.25, -0.2) is 0 Å². The molecule has 0 bridgehead atoms. The normalized spacial score (nSPS) is 21.7. The van der Waals surface area contributed by atoms with Crippen molar-refractivity contribution in [1.29, 1.82) is 0 Å². The first-order chi connectivity index (χ1) is 36.8. The Kier molecular flexibility index (Phi) is 19.8. The van der Waals surface area contributed by atoms with Gasteiger partial charge in [0.15, 0.2) is 0 Å². The van der Waals surface area contributed by atoms with Crippen molar-refractivity contribution in [2.75, 3.05) is 40.5 Å². The average Bonchev–Trinajstić information content (AvgIpc) is 3.90. The first kappa shape index (κ1) is 55.7. The maximum atomic E-state index is 15.2. The predicted octanol–water partition coefficient (Wildman–Crippen LogP) is 2.73. The Morgan fingerprint density at radius 1 is 0.645 bits per heavy atom. The Morgan fingerprint density at radius 2 is 1.22 bits per heavy atom. The van der Waals surface area contributed by atoms with Gasteiger partial charge in [0.25, 0.3) is 0 Å². The third-order valence-corrected chi connectivity index (χ3v) is 13.7. The van der Waals surface area contributed by atoms with Gasteiger partial charge in [-0.2, -0.15) is 0 Å². The number of hydrogen-bond acceptors (Lipinski definition) is 12. The highest BCUT2D eigenvalue weighted by Gasteiger charge is 2.48. The molecule has 0 saturated carbocycles. The van der Waals surface area contributed by atoms with Gasteiger partial charge >= 0.3 is 0 Å². The zero-order valence-corrected chi connectivity index (χ0v) is 43.1. The molecule has 9 N–H and O–H groups in total. The van der Waals surface area contributed by atoms with Crippen LogP contribution in [0.2, 0.25) is 0 Å². The number of aromatic hydroxyl groups is 1. The molecule has 7 amide bonds. The van der Waals surface area contributed by atoms with Crippen molar-refractivity contribution in [3.63, 3.8) is 0 Å². The van der Waals surface area contributed by atoms with Gasteiger partial charge in [0.05, 0.1) is 33.4 Å². The number of fused-ring (bicyclic) bond motifs is 2. The lowest BCUT2D eigenvalue weighted by Crippen LogP contribution is -2.63. The number of phenols is 1. The Balaban J connectivity index is 1.35. The molecule has 0 aromatic heterocycles. The fourth-order valence-electron chi connectivity index (χ4n) is 9.71. The van der Waals surface area contributed by atoms with Crippen LogP contribution >= 0.6 is 0 Å². The molecule has 5 aromatic rings. The summed E-state index contributed by atoms with van der Waals surface area (Å²) in [7, 11) is 3.00. The van der Waals surface area contributed by atoms with E-state index in [1.54, 1.807) is 67.6 Å². The summed E-state index contributed by atoms with van der Waals surface area (Å²) in [5, 5.41) is 28.7. The van der Waals surface area contributed by atoms with Crippen molar-refractivity contribution in [1.82, 2.24) is 36.8 Å². The number of carbonyl (C=O) groups is 7. The van der Waals surface area contributed by atoms with Crippen LogP contribution in [0, 0.1) is 5.92 Å². The molecule has 2 heterocycles. The van der Waals surface area contributed by atoms with Crippen LogP contribution in [-0.2, 0) is 64.2 Å². The van der Waals surface area contributed by atoms with E-state index in [1.165, 1.54) is 31.3 Å². The fourth-order valence-corrected chi connectivity index (χ4v) is 9.71. The molecular weight excluding hydrogens is 973 g/mol. The number of amides is 7.